The molecule has 0 saturated carbocycles. The third-order valence-electron chi connectivity index (χ3n) is 4.54. The number of carboxylic acid groups (broad SMARTS) is 1. The molecule has 2 heterocycles. The molecule has 1 aromatic heterocycles. The Morgan fingerprint density at radius 2 is 1.84 bits per heavy atom. The van der Waals surface area contributed by atoms with Crippen LogP contribution in [0.4, 0.5) is 22.0 Å². The molecular formula is C19H13F5N2O4S. The second-order valence-electron chi connectivity index (χ2n) is 6.53. The van der Waals surface area contributed by atoms with Gasteiger partial charge in [-0.05, 0) is 30.2 Å². The third kappa shape index (κ3) is 4.33. The molecule has 0 radical (unpaired) electrons. The summed E-state index contributed by atoms with van der Waals surface area (Å²) in [5.74, 6) is -7.26. The molecular weight excluding hydrogens is 447 g/mol. The van der Waals surface area contributed by atoms with Crippen molar-refractivity contribution in [2.24, 2.45) is 0 Å². The van der Waals surface area contributed by atoms with Gasteiger partial charge in [-0.25, -0.2) is 18.6 Å². The number of nitrogens with zero attached hydrogens (tertiary/aromatic N) is 1. The van der Waals surface area contributed by atoms with E-state index in [1.807, 2.05) is 0 Å². The predicted octanol–water partition coefficient (Wildman–Crippen LogP) is 3.95. The van der Waals surface area contributed by atoms with Crippen molar-refractivity contribution in [2.45, 2.75) is 19.0 Å². The Balaban J connectivity index is 1.94. The number of halogens is 5. The topological polar surface area (TPSA) is 99.5 Å². The monoisotopic (exact) mass is 460 g/mol. The van der Waals surface area contributed by atoms with E-state index in [0.29, 0.717) is 12.1 Å². The molecule has 31 heavy (non-hydrogen) atoms. The summed E-state index contributed by atoms with van der Waals surface area (Å²) in [5.41, 5.74) is -2.64. The van der Waals surface area contributed by atoms with Crippen LogP contribution >= 0.6 is 11.8 Å². The first kappa shape index (κ1) is 22.5. The number of aromatic nitrogens is 1. The Morgan fingerprint density at radius 1 is 1.16 bits per heavy atom. The smallest absolute Gasteiger partial charge is 0.433 e. The maximum absolute atomic E-state index is 14.4. The fourth-order valence-electron chi connectivity index (χ4n) is 2.96. The molecule has 12 heteroatoms. The lowest BCUT2D eigenvalue weighted by Gasteiger charge is -2.14. The number of thioether (sulfide) groups is 1. The van der Waals surface area contributed by atoms with Crippen LogP contribution in [0.15, 0.2) is 34.9 Å². The Hall–Kier alpha value is -3.15. The highest BCUT2D eigenvalue weighted by molar-refractivity contribution is 8.03. The van der Waals surface area contributed by atoms with E-state index >= 15 is 0 Å². The van der Waals surface area contributed by atoms with Crippen LogP contribution in [0.5, 0.6) is 5.88 Å². The van der Waals surface area contributed by atoms with Gasteiger partial charge in [-0.2, -0.15) is 13.2 Å². The van der Waals surface area contributed by atoms with Gasteiger partial charge in [0.1, 0.15) is 11.3 Å². The number of pyridine rings is 1. The summed E-state index contributed by atoms with van der Waals surface area (Å²) < 4.78 is 66.3. The van der Waals surface area contributed by atoms with Crippen molar-refractivity contribution in [3.63, 3.8) is 0 Å². The molecule has 1 aliphatic rings. The Kier molecular flexibility index (Phi) is 5.94. The third-order valence-corrected chi connectivity index (χ3v) is 5.65. The van der Waals surface area contributed by atoms with Crippen LogP contribution in [0.3, 0.4) is 0 Å². The first-order valence-corrected chi connectivity index (χ1v) is 9.53. The highest BCUT2D eigenvalue weighted by atomic mass is 32.2. The number of carbonyl (C=O) groups is 2. The minimum atomic E-state index is -4.84. The Labute approximate surface area is 175 Å². The van der Waals surface area contributed by atoms with Crippen molar-refractivity contribution in [2.75, 3.05) is 5.75 Å². The van der Waals surface area contributed by atoms with E-state index in [1.165, 1.54) is 19.1 Å². The van der Waals surface area contributed by atoms with Gasteiger partial charge in [0.05, 0.1) is 10.6 Å². The summed E-state index contributed by atoms with van der Waals surface area (Å²) in [6.07, 6.45) is -4.84. The second-order valence-corrected chi connectivity index (χ2v) is 7.56. The number of aromatic hydroxyl groups is 1. The number of rotatable bonds is 4. The van der Waals surface area contributed by atoms with Gasteiger partial charge in [0, 0.05) is 11.7 Å². The number of hydrogen-bond donors (Lipinski definition) is 3. The molecule has 1 unspecified atom stereocenters. The van der Waals surface area contributed by atoms with Crippen molar-refractivity contribution in [3.05, 3.63) is 68.9 Å². The van der Waals surface area contributed by atoms with Crippen molar-refractivity contribution in [1.29, 1.82) is 0 Å². The lowest BCUT2D eigenvalue weighted by atomic mass is 9.92. The summed E-state index contributed by atoms with van der Waals surface area (Å²) in [4.78, 5) is 27.1. The number of nitrogens with one attached hydrogen (secondary N) is 1. The van der Waals surface area contributed by atoms with Gasteiger partial charge < -0.3 is 15.5 Å². The molecule has 0 aliphatic carbocycles. The minimum Gasteiger partial charge on any atom is -0.493 e. The standard InChI is InChI=1S/C19H13F5N2O4S/c1-7-2-3-8(14(21)13(7)20)10-6-31-17(12(10)18(29)30)26-16(28)9-4-5-11(19(22,23)24)25-15(9)27/h2-5,10H,6H2,1H3,(H,25,27)(H,26,28)(H,29,30). The lowest BCUT2D eigenvalue weighted by Crippen LogP contribution is -2.24. The summed E-state index contributed by atoms with van der Waals surface area (Å²) in [5, 5.41) is 21.3. The molecule has 3 rings (SSSR count). The number of aliphatic carboxylic acids is 1. The number of hydrogen-bond acceptors (Lipinski definition) is 5. The lowest BCUT2D eigenvalue weighted by molar-refractivity contribution is -0.141. The van der Waals surface area contributed by atoms with Gasteiger partial charge in [-0.15, -0.1) is 11.8 Å². The fraction of sp³-hybridized carbons (Fsp3) is 0.211. The van der Waals surface area contributed by atoms with Crippen LogP contribution in [0.1, 0.15) is 33.1 Å². The van der Waals surface area contributed by atoms with Gasteiger partial charge >= 0.3 is 12.1 Å². The van der Waals surface area contributed by atoms with E-state index in [2.05, 4.69) is 10.3 Å². The summed E-state index contributed by atoms with van der Waals surface area (Å²) in [6.45, 7) is 1.34. The maximum atomic E-state index is 14.4. The van der Waals surface area contributed by atoms with Crippen molar-refractivity contribution >= 4 is 23.6 Å². The minimum absolute atomic E-state index is 0.0338. The summed E-state index contributed by atoms with van der Waals surface area (Å²) in [6, 6.07) is 3.71. The number of carboxylic acids is 1. The summed E-state index contributed by atoms with van der Waals surface area (Å²) >= 11 is 0.832. The number of benzene rings is 1. The molecule has 2 aromatic rings. The molecule has 3 N–H and O–H groups in total. The first-order valence-electron chi connectivity index (χ1n) is 8.55. The van der Waals surface area contributed by atoms with Crippen LogP contribution in [0.25, 0.3) is 0 Å². The quantitative estimate of drug-likeness (QED) is 0.598. The highest BCUT2D eigenvalue weighted by Crippen LogP contribution is 2.42. The fourth-order valence-corrected chi connectivity index (χ4v) is 4.19. The largest absolute Gasteiger partial charge is 0.493 e. The van der Waals surface area contributed by atoms with E-state index < -0.39 is 58.3 Å². The predicted molar refractivity (Wildman–Crippen MR) is 99.3 cm³/mol. The maximum Gasteiger partial charge on any atom is 0.433 e. The van der Waals surface area contributed by atoms with E-state index in [9.17, 15) is 41.8 Å². The highest BCUT2D eigenvalue weighted by Gasteiger charge is 2.37. The molecule has 164 valence electrons. The SMILES string of the molecule is Cc1ccc(C2CSC(NC(=O)c3ccc(C(F)(F)F)nc3O)=C2C(=O)O)c(F)c1F. The van der Waals surface area contributed by atoms with Gasteiger partial charge in [0.25, 0.3) is 5.91 Å². The van der Waals surface area contributed by atoms with Crippen LogP contribution in [-0.4, -0.2) is 32.8 Å². The Morgan fingerprint density at radius 3 is 2.42 bits per heavy atom. The van der Waals surface area contributed by atoms with Crippen molar-refractivity contribution in [3.8, 4) is 5.88 Å². The average Bonchev–Trinajstić information content (AvgIpc) is 3.08. The number of amides is 1. The molecule has 1 amide bonds. The zero-order valence-electron chi connectivity index (χ0n) is 15.6. The zero-order valence-corrected chi connectivity index (χ0v) is 16.4. The number of alkyl halides is 3. The van der Waals surface area contributed by atoms with Crippen LogP contribution < -0.4 is 5.32 Å². The van der Waals surface area contributed by atoms with Crippen LogP contribution in [0, 0.1) is 18.6 Å². The Bertz CT molecular complexity index is 1120. The molecule has 0 bridgehead atoms. The molecule has 0 saturated heterocycles. The molecule has 1 atom stereocenters. The van der Waals surface area contributed by atoms with E-state index in [1.54, 1.807) is 0 Å². The molecule has 6 nitrogen and oxygen atoms in total. The molecule has 1 aliphatic heterocycles. The molecule has 0 spiro atoms. The van der Waals surface area contributed by atoms with E-state index in [0.717, 1.165) is 11.8 Å². The van der Waals surface area contributed by atoms with E-state index in [4.69, 9.17) is 0 Å². The zero-order chi connectivity index (χ0) is 23.1. The van der Waals surface area contributed by atoms with Gasteiger partial charge in [0.2, 0.25) is 5.88 Å². The van der Waals surface area contributed by atoms with E-state index in [-0.39, 0.29) is 21.9 Å². The van der Waals surface area contributed by atoms with Gasteiger partial charge in [0.15, 0.2) is 11.6 Å². The van der Waals surface area contributed by atoms with Gasteiger partial charge in [-0.3, -0.25) is 4.79 Å². The van der Waals surface area contributed by atoms with Gasteiger partial charge in [-0.1, -0.05) is 12.1 Å². The number of aryl methyl sites for hydroxylation is 1. The molecule has 1 aromatic carbocycles. The van der Waals surface area contributed by atoms with Crippen molar-refractivity contribution in [1.82, 2.24) is 10.3 Å². The summed E-state index contributed by atoms with van der Waals surface area (Å²) in [7, 11) is 0. The second kappa shape index (κ2) is 8.17. The average molecular weight is 460 g/mol. The number of carbonyl (C=O) groups excluding carboxylic acids is 1. The van der Waals surface area contributed by atoms with Crippen LogP contribution in [0.2, 0.25) is 0 Å². The van der Waals surface area contributed by atoms with Crippen LogP contribution in [-0.2, 0) is 11.0 Å². The normalized spacial score (nSPS) is 16.5. The van der Waals surface area contributed by atoms with Crippen molar-refractivity contribution < 1.29 is 41.8 Å². The molecule has 0 fully saturated rings. The first-order chi connectivity index (χ1) is 14.4.